The van der Waals surface area contributed by atoms with Crippen LogP contribution in [0.5, 0.6) is 0 Å². The molecule has 3 rings (SSSR count). The Labute approximate surface area is 144 Å². The summed E-state index contributed by atoms with van der Waals surface area (Å²) in [5, 5.41) is 11.2. The molecule has 0 bridgehead atoms. The molecule has 1 aromatic heterocycles. The normalized spacial score (nSPS) is 16.2. The van der Waals surface area contributed by atoms with Crippen molar-refractivity contribution in [1.29, 1.82) is 0 Å². The number of nitrogens with zero attached hydrogens (tertiary/aromatic N) is 1. The van der Waals surface area contributed by atoms with Gasteiger partial charge in [-0.1, -0.05) is 0 Å². The zero-order valence-corrected chi connectivity index (χ0v) is 14.7. The molecule has 0 spiro atoms. The first kappa shape index (κ1) is 17.1. The van der Waals surface area contributed by atoms with Crippen molar-refractivity contribution in [3.63, 3.8) is 0 Å². The molecule has 1 saturated heterocycles. The van der Waals surface area contributed by atoms with Crippen molar-refractivity contribution in [3.05, 3.63) is 40.8 Å². The van der Waals surface area contributed by atoms with Crippen molar-refractivity contribution in [2.24, 2.45) is 0 Å². The van der Waals surface area contributed by atoms with E-state index in [0.29, 0.717) is 18.8 Å². The molecule has 0 amide bonds. The minimum absolute atomic E-state index is 0.00657. The van der Waals surface area contributed by atoms with E-state index < -0.39 is 16.0 Å². The van der Waals surface area contributed by atoms with Gasteiger partial charge in [-0.05, 0) is 47.7 Å². The van der Waals surface area contributed by atoms with Crippen LogP contribution < -0.4 is 0 Å². The molecule has 2 heterocycles. The van der Waals surface area contributed by atoms with Gasteiger partial charge in [-0.25, -0.2) is 13.2 Å². The number of carbonyl (C=O) groups is 1. The highest BCUT2D eigenvalue weighted by Gasteiger charge is 2.28. The number of hydrogen-bond acceptors (Lipinski definition) is 5. The van der Waals surface area contributed by atoms with E-state index in [1.807, 2.05) is 18.4 Å². The molecular weight excluding hydrogens is 350 g/mol. The van der Waals surface area contributed by atoms with E-state index in [-0.39, 0.29) is 23.5 Å². The summed E-state index contributed by atoms with van der Waals surface area (Å²) in [6.45, 7) is 3.14. The van der Waals surface area contributed by atoms with Crippen LogP contribution in [0.2, 0.25) is 0 Å². The Morgan fingerprint density at radius 1 is 1.25 bits per heavy atom. The lowest BCUT2D eigenvalue weighted by Crippen LogP contribution is -2.40. The van der Waals surface area contributed by atoms with Gasteiger partial charge < -0.3 is 9.84 Å². The first-order valence-electron chi connectivity index (χ1n) is 7.40. The number of thiophene rings is 1. The van der Waals surface area contributed by atoms with E-state index in [4.69, 9.17) is 4.74 Å². The Balaban J connectivity index is 2.12. The van der Waals surface area contributed by atoms with Gasteiger partial charge in [-0.3, -0.25) is 0 Å². The zero-order valence-electron chi connectivity index (χ0n) is 13.1. The maximum Gasteiger partial charge on any atom is 0.335 e. The van der Waals surface area contributed by atoms with Crippen LogP contribution in [-0.2, 0) is 14.8 Å². The molecule has 1 aliphatic rings. The molecule has 6 nitrogen and oxygen atoms in total. The van der Waals surface area contributed by atoms with E-state index in [2.05, 4.69) is 0 Å². The molecule has 8 heteroatoms. The highest BCUT2D eigenvalue weighted by Crippen LogP contribution is 2.32. The number of rotatable bonds is 4. The van der Waals surface area contributed by atoms with Crippen LogP contribution in [0.25, 0.3) is 10.4 Å². The predicted octanol–water partition coefficient (Wildman–Crippen LogP) is 2.44. The molecule has 0 unspecified atom stereocenters. The summed E-state index contributed by atoms with van der Waals surface area (Å²) in [6, 6.07) is 6.21. The highest BCUT2D eigenvalue weighted by atomic mass is 32.2. The maximum absolute atomic E-state index is 12.8. The third kappa shape index (κ3) is 3.23. The molecule has 1 fully saturated rings. The summed E-state index contributed by atoms with van der Waals surface area (Å²) < 4.78 is 32.2. The van der Waals surface area contributed by atoms with Crippen LogP contribution in [0.1, 0.15) is 15.9 Å². The summed E-state index contributed by atoms with van der Waals surface area (Å²) in [6.07, 6.45) is 0. The minimum Gasteiger partial charge on any atom is -0.478 e. The minimum atomic E-state index is -3.75. The van der Waals surface area contributed by atoms with Gasteiger partial charge in [0.2, 0.25) is 10.0 Å². The van der Waals surface area contributed by atoms with Crippen LogP contribution in [0.3, 0.4) is 0 Å². The van der Waals surface area contributed by atoms with Gasteiger partial charge in [0, 0.05) is 18.0 Å². The van der Waals surface area contributed by atoms with E-state index in [1.54, 1.807) is 6.07 Å². The van der Waals surface area contributed by atoms with Crippen LogP contribution in [0, 0.1) is 6.92 Å². The molecule has 2 aromatic rings. The number of ether oxygens (including phenoxy) is 1. The molecule has 0 atom stereocenters. The summed E-state index contributed by atoms with van der Waals surface area (Å²) in [7, 11) is -3.75. The second-order valence-corrected chi connectivity index (χ2v) is 8.35. The molecule has 24 heavy (non-hydrogen) atoms. The number of morpholine rings is 1. The van der Waals surface area contributed by atoms with Gasteiger partial charge in [0.1, 0.15) is 0 Å². The molecule has 1 N–H and O–H groups in total. The molecule has 0 saturated carbocycles. The second kappa shape index (κ2) is 6.64. The summed E-state index contributed by atoms with van der Waals surface area (Å²) >= 11 is 1.46. The average molecular weight is 367 g/mol. The Hall–Kier alpha value is -1.74. The van der Waals surface area contributed by atoms with Gasteiger partial charge in [0.25, 0.3) is 0 Å². The molecule has 0 radical (unpaired) electrons. The Morgan fingerprint density at radius 3 is 2.54 bits per heavy atom. The summed E-state index contributed by atoms with van der Waals surface area (Å²) in [5.41, 5.74) is 1.55. The lowest BCUT2D eigenvalue weighted by molar-refractivity contribution is 0.0696. The molecular formula is C16H17NO5S2. The fourth-order valence-electron chi connectivity index (χ4n) is 2.61. The number of sulfonamides is 1. The molecule has 1 aliphatic heterocycles. The van der Waals surface area contributed by atoms with Crippen molar-refractivity contribution in [2.75, 3.05) is 26.3 Å². The topological polar surface area (TPSA) is 83.9 Å². The van der Waals surface area contributed by atoms with Crippen LogP contribution >= 0.6 is 11.3 Å². The SMILES string of the molecule is Cc1ccsc1-c1cc(C(=O)O)cc(S(=O)(=O)N2CCOCC2)c1. The van der Waals surface area contributed by atoms with E-state index in [0.717, 1.165) is 10.4 Å². The Morgan fingerprint density at radius 2 is 1.96 bits per heavy atom. The number of carboxylic acid groups (broad SMARTS) is 1. The van der Waals surface area contributed by atoms with Gasteiger partial charge in [0.05, 0.1) is 23.7 Å². The van der Waals surface area contributed by atoms with Gasteiger partial charge in [-0.15, -0.1) is 11.3 Å². The van der Waals surface area contributed by atoms with Gasteiger partial charge in [-0.2, -0.15) is 4.31 Å². The molecule has 128 valence electrons. The predicted molar refractivity (Wildman–Crippen MR) is 91.0 cm³/mol. The first-order valence-corrected chi connectivity index (χ1v) is 9.72. The van der Waals surface area contributed by atoms with Crippen molar-refractivity contribution < 1.29 is 23.1 Å². The smallest absolute Gasteiger partial charge is 0.335 e. The number of hydrogen-bond donors (Lipinski definition) is 1. The summed E-state index contributed by atoms with van der Waals surface area (Å²) in [4.78, 5) is 12.3. The number of aromatic carboxylic acids is 1. The quantitative estimate of drug-likeness (QED) is 0.897. The maximum atomic E-state index is 12.8. The van der Waals surface area contributed by atoms with Crippen LogP contribution in [0.15, 0.2) is 34.5 Å². The summed E-state index contributed by atoms with van der Waals surface area (Å²) in [5.74, 6) is -1.15. The van der Waals surface area contributed by atoms with Crippen molar-refractivity contribution >= 4 is 27.3 Å². The largest absolute Gasteiger partial charge is 0.478 e. The monoisotopic (exact) mass is 367 g/mol. The lowest BCUT2D eigenvalue weighted by Gasteiger charge is -2.26. The van der Waals surface area contributed by atoms with Gasteiger partial charge in [0.15, 0.2) is 0 Å². The van der Waals surface area contributed by atoms with Crippen LogP contribution in [0.4, 0.5) is 0 Å². The fourth-order valence-corrected chi connectivity index (χ4v) is 5.00. The Bertz CT molecular complexity index is 866. The average Bonchev–Trinajstić information content (AvgIpc) is 3.01. The van der Waals surface area contributed by atoms with Crippen LogP contribution in [-0.4, -0.2) is 50.1 Å². The third-order valence-corrected chi connectivity index (χ3v) is 6.83. The highest BCUT2D eigenvalue weighted by molar-refractivity contribution is 7.89. The van der Waals surface area contributed by atoms with Gasteiger partial charge >= 0.3 is 5.97 Å². The van der Waals surface area contributed by atoms with Crippen molar-refractivity contribution in [2.45, 2.75) is 11.8 Å². The molecule has 1 aromatic carbocycles. The van der Waals surface area contributed by atoms with E-state index in [9.17, 15) is 18.3 Å². The lowest BCUT2D eigenvalue weighted by atomic mass is 10.1. The molecule has 0 aliphatic carbocycles. The zero-order chi connectivity index (χ0) is 17.3. The van der Waals surface area contributed by atoms with E-state index in [1.165, 1.54) is 27.8 Å². The number of aryl methyl sites for hydroxylation is 1. The fraction of sp³-hybridized carbons (Fsp3) is 0.312. The van der Waals surface area contributed by atoms with Crippen molar-refractivity contribution in [1.82, 2.24) is 4.31 Å². The second-order valence-electron chi connectivity index (χ2n) is 5.50. The number of benzene rings is 1. The first-order chi connectivity index (χ1) is 11.4. The van der Waals surface area contributed by atoms with Crippen molar-refractivity contribution in [3.8, 4) is 10.4 Å². The van der Waals surface area contributed by atoms with E-state index >= 15 is 0 Å². The number of carboxylic acids is 1. The standard InChI is InChI=1S/C16H17NO5S2/c1-11-2-7-23-15(11)12-8-13(16(18)19)10-14(9-12)24(20,21)17-3-5-22-6-4-17/h2,7-10H,3-6H2,1H3,(H,18,19). The Kier molecular flexibility index (Phi) is 4.73. The third-order valence-electron chi connectivity index (χ3n) is 3.89.